The molecule has 0 amide bonds. The summed E-state index contributed by atoms with van der Waals surface area (Å²) >= 11 is 0. The number of benzene rings is 3. The molecule has 4 aromatic rings. The van der Waals surface area contributed by atoms with Crippen LogP contribution < -0.4 is 4.74 Å². The summed E-state index contributed by atoms with van der Waals surface area (Å²) in [5.41, 5.74) is 1.16. The van der Waals surface area contributed by atoms with E-state index in [0.717, 1.165) is 59.6 Å². The number of piperidine rings is 3. The highest BCUT2D eigenvalue weighted by molar-refractivity contribution is 5.44. The van der Waals surface area contributed by atoms with Crippen LogP contribution in [0.2, 0.25) is 0 Å². The Morgan fingerprint density at radius 1 is 0.973 bits per heavy atom. The quantitative estimate of drug-likeness (QED) is 0.337. The Hall–Kier alpha value is -3.48. The fourth-order valence-electron chi connectivity index (χ4n) is 6.15. The molecule has 2 bridgehead atoms. The van der Waals surface area contributed by atoms with Gasteiger partial charge in [-0.25, -0.2) is 4.39 Å². The maximum absolute atomic E-state index is 13.7. The fraction of sp³-hybridized carbons (Fsp3) is 0.323. The molecular formula is C31H32FN2O3+. The third kappa shape index (κ3) is 4.45. The number of nitrogens with zero attached hydrogens (tertiary/aromatic N) is 2. The van der Waals surface area contributed by atoms with E-state index in [0.29, 0.717) is 23.7 Å². The first kappa shape index (κ1) is 23.9. The summed E-state index contributed by atoms with van der Waals surface area (Å²) in [7, 11) is 0. The van der Waals surface area contributed by atoms with E-state index in [-0.39, 0.29) is 11.9 Å². The molecule has 7 rings (SSSR count). The third-order valence-electron chi connectivity index (χ3n) is 8.26. The maximum Gasteiger partial charge on any atom is 0.191 e. The first-order valence-electron chi connectivity index (χ1n) is 13.0. The minimum atomic E-state index is -1.41. The van der Waals surface area contributed by atoms with Gasteiger partial charge in [0.1, 0.15) is 30.4 Å². The Morgan fingerprint density at radius 2 is 1.62 bits per heavy atom. The molecule has 0 radical (unpaired) electrons. The SMILES string of the molecule is Cc1cc(O[C@H]2C[N+]3(Cc4cc(C(O)(c5ccccc5)c5ccccc5)no4)CCC2CC3)ccc1F. The molecule has 0 saturated carbocycles. The van der Waals surface area contributed by atoms with Crippen molar-refractivity contribution < 1.29 is 23.2 Å². The zero-order valence-electron chi connectivity index (χ0n) is 21.0. The summed E-state index contributed by atoms with van der Waals surface area (Å²) in [4.78, 5) is 0. The molecule has 190 valence electrons. The van der Waals surface area contributed by atoms with Gasteiger partial charge in [0.15, 0.2) is 17.5 Å². The summed E-state index contributed by atoms with van der Waals surface area (Å²) in [5.74, 6) is 1.79. The number of fused-ring (bicyclic) bond motifs is 3. The Morgan fingerprint density at radius 3 is 2.24 bits per heavy atom. The van der Waals surface area contributed by atoms with Gasteiger partial charge in [0.05, 0.1) is 13.1 Å². The van der Waals surface area contributed by atoms with Crippen molar-refractivity contribution in [2.75, 3.05) is 19.6 Å². The van der Waals surface area contributed by atoms with E-state index in [9.17, 15) is 9.50 Å². The first-order chi connectivity index (χ1) is 18.0. The lowest BCUT2D eigenvalue weighted by atomic mass is 9.82. The number of quaternary nitrogens is 1. The van der Waals surface area contributed by atoms with Crippen molar-refractivity contribution >= 4 is 0 Å². The predicted octanol–water partition coefficient (Wildman–Crippen LogP) is 5.59. The molecule has 3 saturated heterocycles. The summed E-state index contributed by atoms with van der Waals surface area (Å²) < 4.78 is 26.9. The van der Waals surface area contributed by atoms with E-state index in [2.05, 4.69) is 5.16 Å². The minimum Gasteiger partial charge on any atom is -0.484 e. The van der Waals surface area contributed by atoms with E-state index >= 15 is 0 Å². The van der Waals surface area contributed by atoms with Crippen molar-refractivity contribution in [1.29, 1.82) is 0 Å². The number of aliphatic hydroxyl groups is 1. The molecular weight excluding hydrogens is 467 g/mol. The van der Waals surface area contributed by atoms with Crippen LogP contribution in [0.5, 0.6) is 5.75 Å². The number of hydrogen-bond donors (Lipinski definition) is 1. The van der Waals surface area contributed by atoms with Crippen molar-refractivity contribution in [3.8, 4) is 5.75 Å². The highest BCUT2D eigenvalue weighted by Crippen LogP contribution is 2.40. The third-order valence-corrected chi connectivity index (χ3v) is 8.26. The van der Waals surface area contributed by atoms with E-state index in [1.807, 2.05) is 66.7 Å². The molecule has 5 nitrogen and oxygen atoms in total. The zero-order chi connectivity index (χ0) is 25.5. The number of rotatable bonds is 7. The average Bonchev–Trinajstić information content (AvgIpc) is 3.40. The van der Waals surface area contributed by atoms with Gasteiger partial charge in [0.25, 0.3) is 0 Å². The summed E-state index contributed by atoms with van der Waals surface area (Å²) in [5, 5.41) is 16.4. The highest BCUT2D eigenvalue weighted by Gasteiger charge is 2.48. The monoisotopic (exact) mass is 499 g/mol. The lowest BCUT2D eigenvalue weighted by Gasteiger charge is -2.51. The fourth-order valence-corrected chi connectivity index (χ4v) is 6.15. The Kier molecular flexibility index (Phi) is 6.09. The molecule has 0 unspecified atom stereocenters. The van der Waals surface area contributed by atoms with Crippen LogP contribution >= 0.6 is 0 Å². The van der Waals surface area contributed by atoms with E-state index < -0.39 is 5.60 Å². The Bertz CT molecular complexity index is 1320. The van der Waals surface area contributed by atoms with Crippen molar-refractivity contribution in [2.45, 2.75) is 38.0 Å². The number of aromatic nitrogens is 1. The second-order valence-corrected chi connectivity index (χ2v) is 10.7. The molecule has 1 aromatic heterocycles. The summed E-state index contributed by atoms with van der Waals surface area (Å²) in [6.45, 7) is 5.45. The van der Waals surface area contributed by atoms with Crippen LogP contribution in [-0.4, -0.2) is 40.5 Å². The largest absolute Gasteiger partial charge is 0.484 e. The molecule has 6 heteroatoms. The van der Waals surface area contributed by atoms with E-state index in [1.165, 1.54) is 6.07 Å². The highest BCUT2D eigenvalue weighted by atomic mass is 19.1. The molecule has 3 aliphatic rings. The number of aryl methyl sites for hydroxylation is 1. The number of halogens is 1. The minimum absolute atomic E-state index is 0.0836. The van der Waals surface area contributed by atoms with Crippen LogP contribution in [0.1, 0.15) is 41.0 Å². The molecule has 3 aliphatic heterocycles. The van der Waals surface area contributed by atoms with Crippen LogP contribution in [0.3, 0.4) is 0 Å². The number of hydrogen-bond acceptors (Lipinski definition) is 4. The van der Waals surface area contributed by atoms with E-state index in [1.54, 1.807) is 19.1 Å². The van der Waals surface area contributed by atoms with E-state index in [4.69, 9.17) is 9.26 Å². The second kappa shape index (κ2) is 9.43. The van der Waals surface area contributed by atoms with Gasteiger partial charge in [0.2, 0.25) is 0 Å². The normalized spacial score (nSPS) is 23.2. The van der Waals surface area contributed by atoms with Crippen LogP contribution in [-0.2, 0) is 12.1 Å². The molecule has 1 N–H and O–H groups in total. The van der Waals surface area contributed by atoms with Crippen molar-refractivity contribution in [2.24, 2.45) is 5.92 Å². The second-order valence-electron chi connectivity index (χ2n) is 10.7. The molecule has 0 spiro atoms. The molecule has 3 aromatic carbocycles. The topological polar surface area (TPSA) is 55.5 Å². The van der Waals surface area contributed by atoms with Gasteiger partial charge in [0, 0.05) is 24.8 Å². The Balaban J connectivity index is 1.25. The molecule has 0 aliphatic carbocycles. The van der Waals surface area contributed by atoms with Gasteiger partial charge in [-0.05, 0) is 41.8 Å². The van der Waals surface area contributed by atoms with Crippen molar-refractivity contribution in [3.63, 3.8) is 0 Å². The predicted molar refractivity (Wildman–Crippen MR) is 138 cm³/mol. The zero-order valence-corrected chi connectivity index (χ0v) is 21.0. The lowest BCUT2D eigenvalue weighted by Crippen LogP contribution is -2.64. The van der Waals surface area contributed by atoms with Gasteiger partial charge in [-0.2, -0.15) is 0 Å². The van der Waals surface area contributed by atoms with Gasteiger partial charge in [-0.3, -0.25) is 0 Å². The molecule has 4 heterocycles. The van der Waals surface area contributed by atoms with Crippen molar-refractivity contribution in [3.05, 3.63) is 119 Å². The first-order valence-corrected chi connectivity index (χ1v) is 13.0. The van der Waals surface area contributed by atoms with Crippen LogP contribution in [0.4, 0.5) is 4.39 Å². The smallest absolute Gasteiger partial charge is 0.191 e. The van der Waals surface area contributed by atoms with Crippen molar-refractivity contribution in [1.82, 2.24) is 5.16 Å². The Labute approximate surface area is 216 Å². The summed E-state index contributed by atoms with van der Waals surface area (Å²) in [6.07, 6.45) is 2.26. The molecule has 37 heavy (non-hydrogen) atoms. The number of ether oxygens (including phenoxy) is 1. The average molecular weight is 500 g/mol. The van der Waals surface area contributed by atoms with Gasteiger partial charge in [-0.15, -0.1) is 0 Å². The van der Waals surface area contributed by atoms with Gasteiger partial charge in [-0.1, -0.05) is 65.8 Å². The van der Waals surface area contributed by atoms with Crippen LogP contribution in [0, 0.1) is 18.7 Å². The summed E-state index contributed by atoms with van der Waals surface area (Å²) in [6, 6.07) is 26.1. The van der Waals surface area contributed by atoms with Crippen LogP contribution in [0.25, 0.3) is 0 Å². The standard InChI is InChI=1S/C31H32FN2O3/c1-22-18-26(12-13-28(22)32)36-29-21-34(16-14-23(29)15-17-34)20-27-19-30(33-37-27)31(35,24-8-4-2-5-9-24)25-10-6-3-7-11-25/h2-13,18-19,23,29,35H,14-17,20-21H2,1H3/q+1/t23?,29-,34?/m0/s1. The van der Waals surface area contributed by atoms with Gasteiger partial charge < -0.3 is 18.8 Å². The molecule has 1 atom stereocenters. The maximum atomic E-state index is 13.7. The lowest BCUT2D eigenvalue weighted by molar-refractivity contribution is -0.959. The van der Waals surface area contributed by atoms with Gasteiger partial charge >= 0.3 is 0 Å². The molecule has 3 fully saturated rings. The van der Waals surface area contributed by atoms with Crippen LogP contribution in [0.15, 0.2) is 89.5 Å².